The summed E-state index contributed by atoms with van der Waals surface area (Å²) >= 11 is 0. The number of hydrogen-bond acceptors (Lipinski definition) is 0. The molecule has 4 aromatic rings. The molecule has 0 atom stereocenters. The van der Waals surface area contributed by atoms with Crippen LogP contribution in [0.15, 0.2) is 36.4 Å². The monoisotopic (exact) mass is 445 g/mol. The van der Waals surface area contributed by atoms with Crippen molar-refractivity contribution in [3.63, 3.8) is 0 Å². The maximum atomic E-state index is 14.8. The van der Waals surface area contributed by atoms with Gasteiger partial charge < -0.3 is 4.57 Å². The van der Waals surface area contributed by atoms with E-state index in [9.17, 15) is 22.0 Å². The van der Waals surface area contributed by atoms with Crippen molar-refractivity contribution < 1.29 is 22.0 Å². The van der Waals surface area contributed by atoms with Crippen LogP contribution in [-0.4, -0.2) is 4.57 Å². The second-order valence-corrected chi connectivity index (χ2v) is 10.2. The van der Waals surface area contributed by atoms with Crippen LogP contribution < -0.4 is 0 Å². The third-order valence-electron chi connectivity index (χ3n) is 5.91. The second kappa shape index (κ2) is 7.06. The standard InChI is InChI=1S/C26H24F5N/c1-25(2,3)13-7-9-17-15(11-13)16-12-14(26(4,5)6)8-10-18(16)32(17)24-22(30)20(28)19(27)21(29)23(24)31/h7-12H,1-6H3. The Bertz CT molecular complexity index is 1280. The zero-order valence-corrected chi connectivity index (χ0v) is 18.8. The van der Waals surface area contributed by atoms with E-state index in [4.69, 9.17) is 0 Å². The highest BCUT2D eigenvalue weighted by molar-refractivity contribution is 6.09. The molecule has 0 aliphatic carbocycles. The van der Waals surface area contributed by atoms with E-state index < -0.39 is 34.8 Å². The molecule has 0 bridgehead atoms. The number of benzene rings is 3. The predicted molar refractivity (Wildman–Crippen MR) is 118 cm³/mol. The van der Waals surface area contributed by atoms with Gasteiger partial charge in [-0.1, -0.05) is 53.7 Å². The molecule has 0 saturated heterocycles. The first-order chi connectivity index (χ1) is 14.7. The van der Waals surface area contributed by atoms with Crippen molar-refractivity contribution in [1.29, 1.82) is 0 Å². The van der Waals surface area contributed by atoms with Crippen molar-refractivity contribution in [2.24, 2.45) is 0 Å². The lowest BCUT2D eigenvalue weighted by molar-refractivity contribution is 0.376. The largest absolute Gasteiger partial charge is 0.304 e. The van der Waals surface area contributed by atoms with E-state index in [0.717, 1.165) is 15.7 Å². The molecule has 0 spiro atoms. The Kier molecular flexibility index (Phi) is 4.92. The summed E-state index contributed by atoms with van der Waals surface area (Å²) in [6.07, 6.45) is 0. The van der Waals surface area contributed by atoms with Crippen LogP contribution in [0.5, 0.6) is 0 Å². The molecule has 0 radical (unpaired) electrons. The van der Waals surface area contributed by atoms with Crippen LogP contribution in [0.1, 0.15) is 52.7 Å². The highest BCUT2D eigenvalue weighted by Crippen LogP contribution is 2.39. The average Bonchev–Trinajstić information content (AvgIpc) is 3.03. The fourth-order valence-electron chi connectivity index (χ4n) is 3.99. The Morgan fingerprint density at radius 2 is 0.875 bits per heavy atom. The molecule has 0 aliphatic heterocycles. The molecule has 6 heteroatoms. The van der Waals surface area contributed by atoms with E-state index >= 15 is 0 Å². The summed E-state index contributed by atoms with van der Waals surface area (Å²) in [7, 11) is 0. The van der Waals surface area contributed by atoms with E-state index in [2.05, 4.69) is 0 Å². The zero-order chi connectivity index (χ0) is 23.7. The summed E-state index contributed by atoms with van der Waals surface area (Å²) in [6.45, 7) is 12.2. The molecule has 32 heavy (non-hydrogen) atoms. The fourth-order valence-corrected chi connectivity index (χ4v) is 3.99. The number of rotatable bonds is 1. The van der Waals surface area contributed by atoms with Gasteiger partial charge in [-0.25, -0.2) is 22.0 Å². The van der Waals surface area contributed by atoms with Gasteiger partial charge in [0.2, 0.25) is 5.82 Å². The van der Waals surface area contributed by atoms with E-state index in [0.29, 0.717) is 21.8 Å². The summed E-state index contributed by atoms with van der Waals surface area (Å²) < 4.78 is 72.6. The van der Waals surface area contributed by atoms with E-state index in [1.54, 1.807) is 12.1 Å². The molecule has 0 N–H and O–H groups in total. The average molecular weight is 445 g/mol. The minimum Gasteiger partial charge on any atom is -0.304 e. The summed E-state index contributed by atoms with van der Waals surface area (Å²) in [5.41, 5.74) is 1.33. The lowest BCUT2D eigenvalue weighted by atomic mass is 9.85. The Morgan fingerprint density at radius 1 is 0.531 bits per heavy atom. The van der Waals surface area contributed by atoms with Crippen LogP contribution in [0.3, 0.4) is 0 Å². The molecule has 0 fully saturated rings. The van der Waals surface area contributed by atoms with Crippen LogP contribution in [-0.2, 0) is 10.8 Å². The van der Waals surface area contributed by atoms with Gasteiger partial charge in [-0.2, -0.15) is 0 Å². The molecule has 1 nitrogen and oxygen atoms in total. The first kappa shape index (κ1) is 22.3. The van der Waals surface area contributed by atoms with Gasteiger partial charge in [0.25, 0.3) is 0 Å². The molecule has 0 unspecified atom stereocenters. The van der Waals surface area contributed by atoms with Crippen LogP contribution in [0.25, 0.3) is 27.5 Å². The maximum Gasteiger partial charge on any atom is 0.200 e. The molecule has 0 amide bonds. The molecular weight excluding hydrogens is 421 g/mol. The highest BCUT2D eigenvalue weighted by Gasteiger charge is 2.29. The lowest BCUT2D eigenvalue weighted by Crippen LogP contribution is -2.11. The van der Waals surface area contributed by atoms with Gasteiger partial charge in [0.1, 0.15) is 5.69 Å². The van der Waals surface area contributed by atoms with Crippen molar-refractivity contribution >= 4 is 21.8 Å². The highest BCUT2D eigenvalue weighted by atomic mass is 19.2. The summed E-state index contributed by atoms with van der Waals surface area (Å²) in [5.74, 6) is -9.83. The third kappa shape index (κ3) is 3.28. The van der Waals surface area contributed by atoms with Gasteiger partial charge >= 0.3 is 0 Å². The quantitative estimate of drug-likeness (QED) is 0.159. The zero-order valence-electron chi connectivity index (χ0n) is 18.8. The minimum atomic E-state index is -2.17. The minimum absolute atomic E-state index is 0.200. The molecular formula is C26H24F5N. The second-order valence-electron chi connectivity index (χ2n) is 10.2. The van der Waals surface area contributed by atoms with Crippen molar-refractivity contribution in [3.05, 3.63) is 76.6 Å². The molecule has 1 aromatic heterocycles. The van der Waals surface area contributed by atoms with Crippen LogP contribution in [0, 0.1) is 29.1 Å². The Morgan fingerprint density at radius 3 is 1.22 bits per heavy atom. The number of hydrogen-bond donors (Lipinski definition) is 0. The van der Waals surface area contributed by atoms with Gasteiger partial charge in [-0.15, -0.1) is 0 Å². The predicted octanol–water partition coefficient (Wildman–Crippen LogP) is 8.07. The summed E-state index contributed by atoms with van der Waals surface area (Å²) in [4.78, 5) is 0. The number of nitrogens with zero attached hydrogens (tertiary/aromatic N) is 1. The lowest BCUT2D eigenvalue weighted by Gasteiger charge is -2.19. The number of fused-ring (bicyclic) bond motifs is 3. The van der Waals surface area contributed by atoms with Crippen LogP contribution in [0.4, 0.5) is 22.0 Å². The normalized spacial score (nSPS) is 12.8. The van der Waals surface area contributed by atoms with Gasteiger partial charge in [-0.3, -0.25) is 0 Å². The number of halogens is 5. The molecule has 168 valence electrons. The van der Waals surface area contributed by atoms with Gasteiger partial charge in [0.05, 0.1) is 11.0 Å². The van der Waals surface area contributed by atoms with E-state index in [1.807, 2.05) is 65.8 Å². The molecule has 0 aliphatic rings. The maximum absolute atomic E-state index is 14.8. The molecule has 3 aromatic carbocycles. The van der Waals surface area contributed by atoms with Gasteiger partial charge in [0, 0.05) is 10.8 Å². The Hall–Kier alpha value is -2.89. The smallest absolute Gasteiger partial charge is 0.200 e. The Labute approximate surface area is 183 Å². The van der Waals surface area contributed by atoms with Crippen molar-refractivity contribution in [1.82, 2.24) is 4.57 Å². The third-order valence-corrected chi connectivity index (χ3v) is 5.91. The SMILES string of the molecule is CC(C)(C)c1ccc2c(c1)c1cc(C(C)(C)C)ccc1n2-c1c(F)c(F)c(F)c(F)c1F. The molecule has 1 heterocycles. The van der Waals surface area contributed by atoms with E-state index in [-0.39, 0.29) is 10.8 Å². The van der Waals surface area contributed by atoms with E-state index in [1.165, 1.54) is 0 Å². The summed E-state index contributed by atoms with van der Waals surface area (Å²) in [5, 5.41) is 1.37. The topological polar surface area (TPSA) is 4.93 Å². The molecule has 4 rings (SSSR count). The first-order valence-electron chi connectivity index (χ1n) is 10.3. The van der Waals surface area contributed by atoms with Crippen LogP contribution >= 0.6 is 0 Å². The van der Waals surface area contributed by atoms with Crippen LogP contribution in [0.2, 0.25) is 0 Å². The Balaban J connectivity index is 2.22. The summed E-state index contributed by atoms with van der Waals surface area (Å²) in [6, 6.07) is 10.8. The molecule has 0 saturated carbocycles. The van der Waals surface area contributed by atoms with Crippen molar-refractivity contribution in [2.45, 2.75) is 52.4 Å². The first-order valence-corrected chi connectivity index (χ1v) is 10.3. The van der Waals surface area contributed by atoms with Crippen molar-refractivity contribution in [3.8, 4) is 5.69 Å². The number of aromatic nitrogens is 1. The van der Waals surface area contributed by atoms with Crippen molar-refractivity contribution in [2.75, 3.05) is 0 Å². The van der Waals surface area contributed by atoms with Gasteiger partial charge in [0.15, 0.2) is 23.3 Å². The van der Waals surface area contributed by atoms with Gasteiger partial charge in [-0.05, 0) is 46.2 Å². The fraction of sp³-hybridized carbons (Fsp3) is 0.308.